The average Bonchev–Trinajstić information content (AvgIpc) is 2.77. The van der Waals surface area contributed by atoms with E-state index in [1.54, 1.807) is 11.3 Å². The fourth-order valence-electron chi connectivity index (χ4n) is 1.55. The van der Waals surface area contributed by atoms with Gasteiger partial charge in [-0.05, 0) is 13.0 Å². The Morgan fingerprint density at radius 2 is 1.90 bits per heavy atom. The summed E-state index contributed by atoms with van der Waals surface area (Å²) in [6.45, 7) is 11.0. The predicted octanol–water partition coefficient (Wildman–Crippen LogP) is 2.94. The van der Waals surface area contributed by atoms with E-state index in [0.29, 0.717) is 13.0 Å². The molecule has 0 fully saturated rings. The van der Waals surface area contributed by atoms with Crippen molar-refractivity contribution < 1.29 is 4.79 Å². The maximum Gasteiger partial charge on any atom is 0.226 e. The Morgan fingerprint density at radius 3 is 2.43 bits per heavy atom. The summed E-state index contributed by atoms with van der Waals surface area (Å²) in [5, 5.41) is 9.22. The molecule has 0 atom stereocenters. The molecule has 2 N–H and O–H groups in total. The van der Waals surface area contributed by atoms with E-state index in [4.69, 9.17) is 0 Å². The Morgan fingerprint density at radius 1 is 1.24 bits per heavy atom. The van der Waals surface area contributed by atoms with Gasteiger partial charge in [0.05, 0.1) is 17.1 Å². The fourth-order valence-corrected chi connectivity index (χ4v) is 2.46. The molecule has 0 radical (unpaired) electrons. The quantitative estimate of drug-likeness (QED) is 0.739. The number of carbonyl (C=O) groups is 1. The van der Waals surface area contributed by atoms with Gasteiger partial charge in [-0.15, -0.1) is 36.2 Å². The number of hydrogen-bond acceptors (Lipinski definition) is 4. The van der Waals surface area contributed by atoms with Crippen molar-refractivity contribution in [2.45, 2.75) is 46.0 Å². The van der Waals surface area contributed by atoms with Crippen molar-refractivity contribution in [3.05, 3.63) is 16.1 Å². The highest BCUT2D eigenvalue weighted by molar-refractivity contribution is 7.09. The van der Waals surface area contributed by atoms with Crippen LogP contribution in [0.15, 0.2) is 5.38 Å². The number of hydrogen-bond donors (Lipinski definition) is 2. The first-order valence-corrected chi connectivity index (χ1v) is 7.73. The average molecular weight is 356 g/mol. The van der Waals surface area contributed by atoms with Crippen LogP contribution in [0.4, 0.5) is 0 Å². The number of rotatable bonds is 7. The summed E-state index contributed by atoms with van der Waals surface area (Å²) in [5.41, 5.74) is 0.928. The standard InChI is InChI=1S/C14H25N3OS.2ClH/c1-5-6-15-7-8-16-12(18)9-11-10-19-13(17-11)14(2,3)4;;/h10,15H,5-9H2,1-4H3,(H,16,18);2*1H. The highest BCUT2D eigenvalue weighted by atomic mass is 35.5. The summed E-state index contributed by atoms with van der Waals surface area (Å²) in [7, 11) is 0. The molecule has 4 nitrogen and oxygen atoms in total. The van der Waals surface area contributed by atoms with Gasteiger partial charge < -0.3 is 10.6 Å². The second kappa shape index (κ2) is 11.2. The maximum absolute atomic E-state index is 11.7. The van der Waals surface area contributed by atoms with E-state index in [1.807, 2.05) is 5.38 Å². The molecule has 1 heterocycles. The molecule has 0 aromatic carbocycles. The number of nitrogens with zero attached hydrogens (tertiary/aromatic N) is 1. The lowest BCUT2D eigenvalue weighted by atomic mass is 9.98. The van der Waals surface area contributed by atoms with E-state index in [2.05, 4.69) is 43.3 Å². The van der Waals surface area contributed by atoms with Crippen molar-refractivity contribution >= 4 is 42.1 Å². The molecule has 0 saturated heterocycles. The van der Waals surface area contributed by atoms with Gasteiger partial charge in [0.15, 0.2) is 0 Å². The molecule has 0 spiro atoms. The molecule has 1 amide bonds. The van der Waals surface area contributed by atoms with E-state index in [-0.39, 0.29) is 36.1 Å². The first kappa shape index (κ1) is 22.9. The predicted molar refractivity (Wildman–Crippen MR) is 95.2 cm³/mol. The fraction of sp³-hybridized carbons (Fsp3) is 0.714. The Labute approximate surface area is 144 Å². The van der Waals surface area contributed by atoms with E-state index in [9.17, 15) is 4.79 Å². The van der Waals surface area contributed by atoms with Crippen LogP contribution in [-0.2, 0) is 16.6 Å². The lowest BCUT2D eigenvalue weighted by Gasteiger charge is -2.13. The number of aromatic nitrogens is 1. The van der Waals surface area contributed by atoms with Crippen LogP contribution in [0.1, 0.15) is 44.8 Å². The normalized spacial score (nSPS) is 10.5. The third kappa shape index (κ3) is 9.30. The second-order valence-electron chi connectivity index (χ2n) is 5.67. The van der Waals surface area contributed by atoms with Gasteiger partial charge in [-0.2, -0.15) is 0 Å². The molecule has 124 valence electrons. The molecule has 7 heteroatoms. The number of nitrogens with one attached hydrogen (secondary N) is 2. The molecule has 0 unspecified atom stereocenters. The zero-order valence-electron chi connectivity index (χ0n) is 13.2. The highest BCUT2D eigenvalue weighted by Gasteiger charge is 2.18. The van der Waals surface area contributed by atoms with Gasteiger partial charge in [0.25, 0.3) is 0 Å². The van der Waals surface area contributed by atoms with Gasteiger partial charge in [0.2, 0.25) is 5.91 Å². The van der Waals surface area contributed by atoms with Crippen LogP contribution in [0.2, 0.25) is 0 Å². The Kier molecular flexibility index (Phi) is 12.3. The number of amides is 1. The zero-order valence-corrected chi connectivity index (χ0v) is 15.6. The van der Waals surface area contributed by atoms with Crippen molar-refractivity contribution in [2.75, 3.05) is 19.6 Å². The van der Waals surface area contributed by atoms with Gasteiger partial charge in [0, 0.05) is 23.9 Å². The summed E-state index contributed by atoms with van der Waals surface area (Å²) < 4.78 is 0. The number of thiazole rings is 1. The highest BCUT2D eigenvalue weighted by Crippen LogP contribution is 2.25. The van der Waals surface area contributed by atoms with Gasteiger partial charge in [-0.1, -0.05) is 27.7 Å². The van der Waals surface area contributed by atoms with Crippen LogP contribution in [0, 0.1) is 0 Å². The molecule has 0 bridgehead atoms. The van der Waals surface area contributed by atoms with Crippen LogP contribution in [-0.4, -0.2) is 30.5 Å². The summed E-state index contributed by atoms with van der Waals surface area (Å²) in [5.74, 6) is 0.0454. The Balaban J connectivity index is 0. The van der Waals surface area contributed by atoms with Crippen LogP contribution in [0.25, 0.3) is 0 Å². The third-order valence-electron chi connectivity index (χ3n) is 2.59. The third-order valence-corrected chi connectivity index (χ3v) is 3.90. The van der Waals surface area contributed by atoms with Gasteiger partial charge >= 0.3 is 0 Å². The Bertz CT molecular complexity index is 405. The lowest BCUT2D eigenvalue weighted by molar-refractivity contribution is -0.120. The smallest absolute Gasteiger partial charge is 0.226 e. The lowest BCUT2D eigenvalue weighted by Crippen LogP contribution is -2.33. The summed E-state index contributed by atoms with van der Waals surface area (Å²) in [6.07, 6.45) is 1.49. The molecule has 0 aliphatic carbocycles. The van der Waals surface area contributed by atoms with E-state index < -0.39 is 0 Å². The first-order chi connectivity index (χ1) is 8.93. The Hall–Kier alpha value is -0.360. The SMILES string of the molecule is CCCNCCNC(=O)Cc1csc(C(C)(C)C)n1.Cl.Cl. The van der Waals surface area contributed by atoms with Crippen LogP contribution in [0.3, 0.4) is 0 Å². The summed E-state index contributed by atoms with van der Waals surface area (Å²) in [6, 6.07) is 0. The molecule has 0 aliphatic heterocycles. The van der Waals surface area contributed by atoms with Crippen molar-refractivity contribution in [1.82, 2.24) is 15.6 Å². The summed E-state index contributed by atoms with van der Waals surface area (Å²) in [4.78, 5) is 16.3. The van der Waals surface area contributed by atoms with Crippen molar-refractivity contribution in [2.24, 2.45) is 0 Å². The van der Waals surface area contributed by atoms with E-state index in [0.717, 1.165) is 30.2 Å². The molecular formula is C14H27Cl2N3OS. The zero-order chi connectivity index (χ0) is 14.3. The van der Waals surface area contributed by atoms with E-state index in [1.165, 1.54) is 0 Å². The maximum atomic E-state index is 11.7. The van der Waals surface area contributed by atoms with Crippen molar-refractivity contribution in [3.63, 3.8) is 0 Å². The molecule has 1 rings (SSSR count). The number of halogens is 2. The first-order valence-electron chi connectivity index (χ1n) is 6.85. The molecule has 21 heavy (non-hydrogen) atoms. The molecule has 1 aromatic rings. The minimum Gasteiger partial charge on any atom is -0.354 e. The van der Waals surface area contributed by atoms with Crippen LogP contribution < -0.4 is 10.6 Å². The topological polar surface area (TPSA) is 54.0 Å². The largest absolute Gasteiger partial charge is 0.354 e. The number of carbonyl (C=O) groups excluding carboxylic acids is 1. The van der Waals surface area contributed by atoms with Crippen molar-refractivity contribution in [3.8, 4) is 0 Å². The van der Waals surface area contributed by atoms with Gasteiger partial charge in [0.1, 0.15) is 0 Å². The minimum atomic E-state index is 0. The van der Waals surface area contributed by atoms with Crippen LogP contribution >= 0.6 is 36.2 Å². The molecular weight excluding hydrogens is 329 g/mol. The second-order valence-corrected chi connectivity index (χ2v) is 6.53. The minimum absolute atomic E-state index is 0. The molecule has 0 aliphatic rings. The molecule has 0 saturated carbocycles. The van der Waals surface area contributed by atoms with Gasteiger partial charge in [-0.3, -0.25) is 4.79 Å². The van der Waals surface area contributed by atoms with E-state index >= 15 is 0 Å². The van der Waals surface area contributed by atoms with Crippen molar-refractivity contribution in [1.29, 1.82) is 0 Å². The van der Waals surface area contributed by atoms with Gasteiger partial charge in [-0.25, -0.2) is 4.98 Å². The monoisotopic (exact) mass is 355 g/mol. The van der Waals surface area contributed by atoms with Crippen LogP contribution in [0.5, 0.6) is 0 Å². The molecule has 1 aromatic heterocycles. The summed E-state index contributed by atoms with van der Waals surface area (Å²) >= 11 is 1.63.